The van der Waals surface area contributed by atoms with E-state index in [4.69, 9.17) is 33.0 Å². The van der Waals surface area contributed by atoms with E-state index in [-0.39, 0.29) is 5.56 Å². The number of carbonyl (C=O) groups is 4. The first kappa shape index (κ1) is 28.2. The molecule has 2 aromatic carbocycles. The maximum atomic E-state index is 12.5. The summed E-state index contributed by atoms with van der Waals surface area (Å²) >= 11 is 11.2. The summed E-state index contributed by atoms with van der Waals surface area (Å²) in [6, 6.07) is 8.58. The first-order chi connectivity index (χ1) is 16.5. The molecule has 2 aliphatic rings. The Labute approximate surface area is 210 Å². The summed E-state index contributed by atoms with van der Waals surface area (Å²) in [6.07, 6.45) is 3.40. The van der Waals surface area contributed by atoms with Crippen LogP contribution < -0.4 is 4.74 Å². The van der Waals surface area contributed by atoms with Crippen LogP contribution in [0.1, 0.15) is 46.4 Å². The van der Waals surface area contributed by atoms with Gasteiger partial charge in [-0.2, -0.15) is 0 Å². The standard InChI is InChI=1S/C12H11ClO4.C7H4ClFO.C5H8O3/c1-16-11(15)12(4-5-12)17-10-6-9(13)3-2-8(10)7-14;8-6-2-1-5(4-10)7(9)3-6;1-8-4(6)5(7)2-3-5/h2-3,6-7H,4-5H2,1H3;1-4H;7H,2-3H2,1H3. The minimum atomic E-state index is -1.10. The Bertz CT molecular complexity index is 1100. The number of hydrogen-bond acceptors (Lipinski definition) is 8. The van der Waals surface area contributed by atoms with Gasteiger partial charge >= 0.3 is 11.9 Å². The molecule has 11 heteroatoms. The summed E-state index contributed by atoms with van der Waals surface area (Å²) in [5.41, 5.74) is -1.64. The SMILES string of the molecule is COC(=O)C1(O)CC1.COC(=O)C1(Oc2cc(Cl)ccc2C=O)CC1.O=Cc1ccc(Cl)cc1F. The van der Waals surface area contributed by atoms with Crippen molar-refractivity contribution in [3.8, 4) is 5.75 Å². The fourth-order valence-corrected chi connectivity index (χ4v) is 2.98. The van der Waals surface area contributed by atoms with Gasteiger partial charge in [0.05, 0.1) is 25.3 Å². The molecule has 0 heterocycles. The quantitative estimate of drug-likeness (QED) is 0.437. The lowest BCUT2D eigenvalue weighted by atomic mass is 10.2. The van der Waals surface area contributed by atoms with Crippen LogP contribution in [0.5, 0.6) is 5.75 Å². The number of aliphatic hydroxyl groups is 1. The van der Waals surface area contributed by atoms with E-state index in [0.29, 0.717) is 59.6 Å². The number of carbonyl (C=O) groups excluding carboxylic acids is 4. The van der Waals surface area contributed by atoms with Crippen LogP contribution in [-0.4, -0.2) is 55.0 Å². The molecule has 188 valence electrons. The lowest BCUT2D eigenvalue weighted by Crippen LogP contribution is -2.31. The average molecular weight is 529 g/mol. The van der Waals surface area contributed by atoms with Crippen LogP contribution in [-0.2, 0) is 19.1 Å². The minimum absolute atomic E-state index is 0.0319. The molecule has 0 bridgehead atoms. The van der Waals surface area contributed by atoms with Gasteiger partial charge in [0.2, 0.25) is 5.60 Å². The third kappa shape index (κ3) is 7.74. The van der Waals surface area contributed by atoms with E-state index in [0.717, 1.165) is 6.07 Å². The minimum Gasteiger partial charge on any atom is -0.475 e. The number of aldehydes is 2. The van der Waals surface area contributed by atoms with Crippen molar-refractivity contribution < 1.29 is 42.9 Å². The molecule has 0 radical (unpaired) electrons. The maximum Gasteiger partial charge on any atom is 0.350 e. The first-order valence-corrected chi connectivity index (χ1v) is 11.0. The Morgan fingerprint density at radius 2 is 1.40 bits per heavy atom. The van der Waals surface area contributed by atoms with Gasteiger partial charge in [0.25, 0.3) is 0 Å². The highest BCUT2D eigenvalue weighted by atomic mass is 35.5. The second-order valence-corrected chi connectivity index (χ2v) is 8.57. The van der Waals surface area contributed by atoms with E-state index in [1.807, 2.05) is 0 Å². The summed E-state index contributed by atoms with van der Waals surface area (Å²) < 4.78 is 27.1. The predicted molar refractivity (Wildman–Crippen MR) is 124 cm³/mol. The third-order valence-corrected chi connectivity index (χ3v) is 5.52. The Hall–Kier alpha value is -3.01. The van der Waals surface area contributed by atoms with E-state index >= 15 is 0 Å². The van der Waals surface area contributed by atoms with Crippen LogP contribution in [0.25, 0.3) is 0 Å². The molecule has 0 unspecified atom stereocenters. The normalized spacial score (nSPS) is 15.6. The highest BCUT2D eigenvalue weighted by Gasteiger charge is 2.54. The van der Waals surface area contributed by atoms with Gasteiger partial charge in [0.1, 0.15) is 11.6 Å². The number of rotatable bonds is 6. The van der Waals surface area contributed by atoms with Crippen molar-refractivity contribution >= 4 is 47.7 Å². The number of hydrogen-bond donors (Lipinski definition) is 1. The predicted octanol–water partition coefficient (Wildman–Crippen LogP) is 4.21. The summed E-state index contributed by atoms with van der Waals surface area (Å²) in [6.45, 7) is 0. The number of ether oxygens (including phenoxy) is 3. The molecule has 1 N–H and O–H groups in total. The van der Waals surface area contributed by atoms with E-state index in [1.165, 1.54) is 32.4 Å². The Kier molecular flexibility index (Phi) is 9.76. The zero-order chi connectivity index (χ0) is 26.2. The number of benzene rings is 2. The maximum absolute atomic E-state index is 12.5. The highest BCUT2D eigenvalue weighted by Crippen LogP contribution is 2.42. The van der Waals surface area contributed by atoms with E-state index in [2.05, 4.69) is 9.47 Å². The molecule has 0 saturated heterocycles. The molecule has 0 spiro atoms. The molecule has 2 fully saturated rings. The smallest absolute Gasteiger partial charge is 0.350 e. The van der Waals surface area contributed by atoms with Crippen LogP contribution in [0.3, 0.4) is 0 Å². The van der Waals surface area contributed by atoms with E-state index in [9.17, 15) is 23.6 Å². The van der Waals surface area contributed by atoms with Crippen molar-refractivity contribution in [3.05, 3.63) is 63.4 Å². The van der Waals surface area contributed by atoms with Gasteiger partial charge in [0, 0.05) is 22.9 Å². The zero-order valence-electron chi connectivity index (χ0n) is 18.9. The molecule has 35 heavy (non-hydrogen) atoms. The molecule has 8 nitrogen and oxygen atoms in total. The van der Waals surface area contributed by atoms with Gasteiger partial charge in [-0.1, -0.05) is 23.2 Å². The Morgan fingerprint density at radius 1 is 0.886 bits per heavy atom. The van der Waals surface area contributed by atoms with Crippen molar-refractivity contribution in [2.75, 3.05) is 14.2 Å². The highest BCUT2D eigenvalue weighted by molar-refractivity contribution is 6.31. The monoisotopic (exact) mass is 528 g/mol. The van der Waals surface area contributed by atoms with Crippen LogP contribution in [0.4, 0.5) is 4.39 Å². The first-order valence-electron chi connectivity index (χ1n) is 10.3. The molecule has 0 aromatic heterocycles. The van der Waals surface area contributed by atoms with Gasteiger partial charge in [-0.05, 0) is 49.2 Å². The van der Waals surface area contributed by atoms with Crippen LogP contribution in [0.15, 0.2) is 36.4 Å². The number of methoxy groups -OCH3 is 2. The molecule has 2 aliphatic carbocycles. The van der Waals surface area contributed by atoms with Crippen LogP contribution in [0, 0.1) is 5.82 Å². The van der Waals surface area contributed by atoms with Crippen molar-refractivity contribution in [1.29, 1.82) is 0 Å². The molecule has 0 atom stereocenters. The summed E-state index contributed by atoms with van der Waals surface area (Å²) in [5.74, 6) is -1.19. The summed E-state index contributed by atoms with van der Waals surface area (Å²) in [5, 5.41) is 9.67. The third-order valence-electron chi connectivity index (χ3n) is 5.05. The molecule has 0 amide bonds. The lowest BCUT2D eigenvalue weighted by molar-refractivity contribution is -0.153. The summed E-state index contributed by atoms with van der Waals surface area (Å²) in [7, 11) is 2.59. The summed E-state index contributed by atoms with van der Waals surface area (Å²) in [4.78, 5) is 42.8. The topological polar surface area (TPSA) is 116 Å². The van der Waals surface area contributed by atoms with Crippen molar-refractivity contribution in [3.63, 3.8) is 0 Å². The van der Waals surface area contributed by atoms with Gasteiger partial charge < -0.3 is 19.3 Å². The fraction of sp³-hybridized carbons (Fsp3) is 0.333. The van der Waals surface area contributed by atoms with Crippen molar-refractivity contribution in [2.45, 2.75) is 36.9 Å². The zero-order valence-corrected chi connectivity index (χ0v) is 20.4. The Balaban J connectivity index is 0.000000204. The van der Waals surface area contributed by atoms with Crippen LogP contribution in [0.2, 0.25) is 10.0 Å². The van der Waals surface area contributed by atoms with Gasteiger partial charge in [-0.25, -0.2) is 14.0 Å². The average Bonchev–Trinajstić information content (AvgIpc) is 3.77. The molecule has 4 rings (SSSR count). The molecular formula is C24H23Cl2FO8. The molecule has 2 aromatic rings. The second kappa shape index (κ2) is 12.1. The van der Waals surface area contributed by atoms with Gasteiger partial charge in [0.15, 0.2) is 18.2 Å². The van der Waals surface area contributed by atoms with Gasteiger partial charge in [-0.15, -0.1) is 0 Å². The lowest BCUT2D eigenvalue weighted by Gasteiger charge is -2.16. The van der Waals surface area contributed by atoms with E-state index < -0.39 is 29.0 Å². The molecular weight excluding hydrogens is 506 g/mol. The Morgan fingerprint density at radius 3 is 1.80 bits per heavy atom. The largest absolute Gasteiger partial charge is 0.475 e. The molecule has 2 saturated carbocycles. The van der Waals surface area contributed by atoms with Gasteiger partial charge in [-0.3, -0.25) is 9.59 Å². The van der Waals surface area contributed by atoms with Crippen LogP contribution >= 0.6 is 23.2 Å². The number of esters is 2. The second-order valence-electron chi connectivity index (χ2n) is 7.69. The number of halogens is 3. The fourth-order valence-electron chi connectivity index (χ4n) is 2.66. The molecule has 0 aliphatic heterocycles. The van der Waals surface area contributed by atoms with Crippen molar-refractivity contribution in [1.82, 2.24) is 0 Å². The van der Waals surface area contributed by atoms with Crippen molar-refractivity contribution in [2.24, 2.45) is 0 Å². The van der Waals surface area contributed by atoms with E-state index in [1.54, 1.807) is 12.1 Å².